The normalized spacial score (nSPS) is 12.1. The van der Waals surface area contributed by atoms with Crippen LogP contribution in [0.1, 0.15) is 30.8 Å². The van der Waals surface area contributed by atoms with E-state index in [1.807, 2.05) is 55.8 Å². The van der Waals surface area contributed by atoms with Crippen molar-refractivity contribution < 1.29 is 30.7 Å². The summed E-state index contributed by atoms with van der Waals surface area (Å²) in [6.07, 6.45) is -0.435. The molecule has 11 heteroatoms. The van der Waals surface area contributed by atoms with Gasteiger partial charge in [0.1, 0.15) is 17.3 Å². The quantitative estimate of drug-likeness (QED) is 0.182. The number of imidazole rings is 1. The van der Waals surface area contributed by atoms with Gasteiger partial charge in [0.25, 0.3) is 0 Å². The number of hydrogen-bond donors (Lipinski definition) is 0. The Morgan fingerprint density at radius 3 is 2.24 bits per heavy atom. The second-order valence-electron chi connectivity index (χ2n) is 9.94. The van der Waals surface area contributed by atoms with Crippen LogP contribution in [0.5, 0.6) is 5.75 Å². The van der Waals surface area contributed by atoms with Crippen LogP contribution in [-0.2, 0) is 16.3 Å². The van der Waals surface area contributed by atoms with Crippen molar-refractivity contribution in [1.29, 1.82) is 0 Å². The van der Waals surface area contributed by atoms with Crippen LogP contribution in [0.2, 0.25) is 0 Å². The highest BCUT2D eigenvalue weighted by atomic mass is 32.2. The summed E-state index contributed by atoms with van der Waals surface area (Å²) >= 11 is 0. The highest BCUT2D eigenvalue weighted by molar-refractivity contribution is 7.90. The first-order chi connectivity index (χ1) is 19.8. The van der Waals surface area contributed by atoms with Crippen molar-refractivity contribution in [3.05, 3.63) is 90.3 Å². The van der Waals surface area contributed by atoms with Gasteiger partial charge in [0.15, 0.2) is 21.5 Å². The number of ether oxygens (including phenoxy) is 1. The van der Waals surface area contributed by atoms with E-state index in [2.05, 4.69) is 9.72 Å². The second kappa shape index (κ2) is 11.1. The standard InChI is InChI=1S/C31H28F3N3O4S/c1-5-7-28-36-29(21-10-13-24(14-11-21)41-31(32,33)34)30(40-28)26-17-23(22-8-6-9-25(16-22)42(4,38)39)12-15-27(26)37-18-19(2)35-20(37)3/h6,8-18H,5,7H2,1-4H3. The molecule has 0 aliphatic carbocycles. The molecule has 0 bridgehead atoms. The van der Waals surface area contributed by atoms with Crippen LogP contribution in [0, 0.1) is 13.8 Å². The van der Waals surface area contributed by atoms with Crippen LogP contribution >= 0.6 is 0 Å². The fraction of sp³-hybridized carbons (Fsp3) is 0.226. The highest BCUT2D eigenvalue weighted by Crippen LogP contribution is 2.40. The predicted molar refractivity (Wildman–Crippen MR) is 153 cm³/mol. The van der Waals surface area contributed by atoms with Crippen molar-refractivity contribution in [2.24, 2.45) is 0 Å². The van der Waals surface area contributed by atoms with Gasteiger partial charge in [-0.2, -0.15) is 0 Å². The molecule has 218 valence electrons. The summed E-state index contributed by atoms with van der Waals surface area (Å²) in [7, 11) is -3.43. The summed E-state index contributed by atoms with van der Waals surface area (Å²) in [6.45, 7) is 5.76. The first kappa shape index (κ1) is 29.1. The van der Waals surface area contributed by atoms with Crippen LogP contribution in [-0.4, -0.2) is 35.6 Å². The Balaban J connectivity index is 1.72. The maximum absolute atomic E-state index is 12.8. The fourth-order valence-corrected chi connectivity index (χ4v) is 5.42. The van der Waals surface area contributed by atoms with Gasteiger partial charge in [0.05, 0.1) is 16.3 Å². The number of aryl methyl sites for hydroxylation is 3. The lowest BCUT2D eigenvalue weighted by atomic mass is 9.98. The molecule has 0 saturated carbocycles. The zero-order valence-corrected chi connectivity index (χ0v) is 24.2. The number of aromatic nitrogens is 3. The van der Waals surface area contributed by atoms with E-state index in [0.717, 1.165) is 35.4 Å². The number of hydrogen-bond acceptors (Lipinski definition) is 6. The lowest BCUT2D eigenvalue weighted by Gasteiger charge is -2.14. The molecule has 0 N–H and O–H groups in total. The molecule has 0 amide bonds. The minimum Gasteiger partial charge on any atom is -0.440 e. The van der Waals surface area contributed by atoms with Gasteiger partial charge in [-0.05, 0) is 79.9 Å². The van der Waals surface area contributed by atoms with Crippen LogP contribution < -0.4 is 4.74 Å². The molecule has 7 nitrogen and oxygen atoms in total. The predicted octanol–water partition coefficient (Wildman–Crippen LogP) is 7.73. The number of halogens is 3. The average Bonchev–Trinajstić information content (AvgIpc) is 3.49. The smallest absolute Gasteiger partial charge is 0.440 e. The minimum absolute atomic E-state index is 0.193. The van der Waals surface area contributed by atoms with Gasteiger partial charge in [0.2, 0.25) is 0 Å². The van der Waals surface area contributed by atoms with Gasteiger partial charge >= 0.3 is 6.36 Å². The first-order valence-electron chi connectivity index (χ1n) is 13.2. The fourth-order valence-electron chi connectivity index (χ4n) is 4.75. The van der Waals surface area contributed by atoms with Gasteiger partial charge in [-0.15, -0.1) is 13.2 Å². The average molecular weight is 596 g/mol. The van der Waals surface area contributed by atoms with Crippen LogP contribution in [0.25, 0.3) is 39.4 Å². The lowest BCUT2D eigenvalue weighted by Crippen LogP contribution is -2.16. The van der Waals surface area contributed by atoms with Gasteiger partial charge in [0, 0.05) is 30.0 Å². The van der Waals surface area contributed by atoms with Crippen molar-refractivity contribution in [1.82, 2.24) is 14.5 Å². The van der Waals surface area contributed by atoms with E-state index in [-0.39, 0.29) is 10.6 Å². The summed E-state index contributed by atoms with van der Waals surface area (Å²) in [4.78, 5) is 9.46. The summed E-state index contributed by atoms with van der Waals surface area (Å²) in [5.41, 5.74) is 4.63. The third-order valence-electron chi connectivity index (χ3n) is 6.60. The zero-order chi connectivity index (χ0) is 30.2. The molecular formula is C31H28F3N3O4S. The molecule has 0 saturated heterocycles. The summed E-state index contributed by atoms with van der Waals surface area (Å²) in [5.74, 6) is 1.30. The molecule has 0 fully saturated rings. The maximum atomic E-state index is 12.8. The molecule has 2 aromatic heterocycles. The molecule has 5 aromatic rings. The van der Waals surface area contributed by atoms with E-state index in [9.17, 15) is 21.6 Å². The Bertz CT molecular complexity index is 1860. The number of rotatable bonds is 8. The zero-order valence-electron chi connectivity index (χ0n) is 23.4. The number of alkyl halides is 3. The SMILES string of the molecule is CCCc1nc(-c2ccc(OC(F)(F)F)cc2)c(-c2cc(-c3cccc(S(C)(=O)=O)c3)ccc2-n2cc(C)nc2C)o1. The summed E-state index contributed by atoms with van der Waals surface area (Å²) < 4.78 is 75.1. The number of nitrogens with zero attached hydrogens (tertiary/aromatic N) is 3. The van der Waals surface area contributed by atoms with Crippen molar-refractivity contribution in [2.45, 2.75) is 44.9 Å². The van der Waals surface area contributed by atoms with E-state index in [1.165, 1.54) is 24.3 Å². The van der Waals surface area contributed by atoms with E-state index >= 15 is 0 Å². The van der Waals surface area contributed by atoms with E-state index < -0.39 is 16.2 Å². The molecule has 0 atom stereocenters. The van der Waals surface area contributed by atoms with Gasteiger partial charge < -0.3 is 13.7 Å². The minimum atomic E-state index is -4.81. The molecule has 42 heavy (non-hydrogen) atoms. The molecule has 5 rings (SSSR count). The molecule has 0 aliphatic heterocycles. The Morgan fingerprint density at radius 1 is 0.929 bits per heavy atom. The summed E-state index contributed by atoms with van der Waals surface area (Å²) in [5, 5.41) is 0. The van der Waals surface area contributed by atoms with E-state index in [4.69, 9.17) is 9.40 Å². The highest BCUT2D eigenvalue weighted by Gasteiger charge is 2.31. The third-order valence-corrected chi connectivity index (χ3v) is 7.71. The Labute approximate surface area is 241 Å². The van der Waals surface area contributed by atoms with E-state index in [0.29, 0.717) is 40.5 Å². The number of oxazole rings is 1. The molecule has 2 heterocycles. The van der Waals surface area contributed by atoms with Gasteiger partial charge in [-0.1, -0.05) is 25.1 Å². The number of benzene rings is 3. The summed E-state index contributed by atoms with van der Waals surface area (Å²) in [6, 6.07) is 17.8. The third kappa shape index (κ3) is 6.25. The van der Waals surface area contributed by atoms with E-state index in [1.54, 1.807) is 18.2 Å². The molecule has 0 aliphatic rings. The van der Waals surface area contributed by atoms with Crippen LogP contribution in [0.15, 0.2) is 82.2 Å². The van der Waals surface area contributed by atoms with Crippen molar-refractivity contribution >= 4 is 9.84 Å². The molecule has 3 aromatic carbocycles. The largest absolute Gasteiger partial charge is 0.573 e. The second-order valence-corrected chi connectivity index (χ2v) is 12.0. The monoisotopic (exact) mass is 595 g/mol. The maximum Gasteiger partial charge on any atom is 0.573 e. The van der Waals surface area contributed by atoms with Crippen molar-refractivity contribution in [3.8, 4) is 45.1 Å². The Hall–Kier alpha value is -4.38. The Kier molecular flexibility index (Phi) is 7.72. The lowest BCUT2D eigenvalue weighted by molar-refractivity contribution is -0.274. The molecule has 0 radical (unpaired) electrons. The van der Waals surface area contributed by atoms with Crippen LogP contribution in [0.3, 0.4) is 0 Å². The first-order valence-corrected chi connectivity index (χ1v) is 15.1. The Morgan fingerprint density at radius 2 is 1.62 bits per heavy atom. The topological polar surface area (TPSA) is 87.2 Å². The van der Waals surface area contributed by atoms with Crippen LogP contribution in [0.4, 0.5) is 13.2 Å². The van der Waals surface area contributed by atoms with Gasteiger partial charge in [-0.25, -0.2) is 18.4 Å². The number of sulfone groups is 1. The van der Waals surface area contributed by atoms with Crippen molar-refractivity contribution in [3.63, 3.8) is 0 Å². The van der Waals surface area contributed by atoms with Gasteiger partial charge in [-0.3, -0.25) is 0 Å². The molecular weight excluding hydrogens is 567 g/mol. The van der Waals surface area contributed by atoms with Crippen molar-refractivity contribution in [2.75, 3.05) is 6.26 Å². The molecule has 0 unspecified atom stereocenters. The molecule has 0 spiro atoms.